The molecular weight excluding hydrogens is 180 g/mol. The van der Waals surface area contributed by atoms with Gasteiger partial charge in [-0.2, -0.15) is 0 Å². The van der Waals surface area contributed by atoms with Crippen LogP contribution in [-0.4, -0.2) is 31.2 Å². The van der Waals surface area contributed by atoms with Crippen LogP contribution in [0.4, 0.5) is 0 Å². The third-order valence-corrected chi connectivity index (χ3v) is 2.52. The maximum Gasteiger partial charge on any atom is 0.221 e. The van der Waals surface area contributed by atoms with Crippen LogP contribution in [0.2, 0.25) is 0 Å². The van der Waals surface area contributed by atoms with Crippen molar-refractivity contribution in [3.63, 3.8) is 0 Å². The quantitative estimate of drug-likeness (QED) is 0.675. The monoisotopic (exact) mass is 200 g/mol. The smallest absolute Gasteiger partial charge is 0.221 e. The van der Waals surface area contributed by atoms with Crippen molar-refractivity contribution < 1.29 is 9.53 Å². The van der Waals surface area contributed by atoms with Crippen LogP contribution in [0.25, 0.3) is 0 Å². The van der Waals surface area contributed by atoms with Crippen LogP contribution in [0.3, 0.4) is 0 Å². The van der Waals surface area contributed by atoms with E-state index in [0.29, 0.717) is 13.0 Å². The molecule has 4 heteroatoms. The van der Waals surface area contributed by atoms with E-state index in [1.54, 1.807) is 0 Å². The van der Waals surface area contributed by atoms with E-state index in [0.717, 1.165) is 25.9 Å². The molecule has 0 saturated carbocycles. The lowest BCUT2D eigenvalue weighted by Gasteiger charge is -2.12. The molecule has 0 radical (unpaired) electrons. The third kappa shape index (κ3) is 4.07. The molecule has 4 nitrogen and oxygen atoms in total. The second kappa shape index (κ2) is 5.98. The molecule has 1 rings (SSSR count). The molecule has 1 aliphatic heterocycles. The van der Waals surface area contributed by atoms with Crippen molar-refractivity contribution in [2.75, 3.05) is 13.2 Å². The highest BCUT2D eigenvalue weighted by Crippen LogP contribution is 2.10. The van der Waals surface area contributed by atoms with E-state index in [1.807, 2.05) is 6.92 Å². The molecule has 0 aliphatic carbocycles. The van der Waals surface area contributed by atoms with E-state index in [2.05, 4.69) is 5.32 Å². The summed E-state index contributed by atoms with van der Waals surface area (Å²) in [5.41, 5.74) is 5.67. The Morgan fingerprint density at radius 3 is 3.07 bits per heavy atom. The number of hydrogen-bond donors (Lipinski definition) is 2. The molecule has 0 bridgehead atoms. The van der Waals surface area contributed by atoms with Gasteiger partial charge >= 0.3 is 0 Å². The number of nitrogens with one attached hydrogen (secondary N) is 1. The van der Waals surface area contributed by atoms with Gasteiger partial charge in [0.2, 0.25) is 5.91 Å². The molecule has 2 unspecified atom stereocenters. The SMILES string of the molecule is CCC(N)CC(=O)NCC1CCCO1. The summed E-state index contributed by atoms with van der Waals surface area (Å²) in [6.07, 6.45) is 3.64. The van der Waals surface area contributed by atoms with E-state index in [4.69, 9.17) is 10.5 Å². The van der Waals surface area contributed by atoms with E-state index >= 15 is 0 Å². The van der Waals surface area contributed by atoms with E-state index in [-0.39, 0.29) is 18.1 Å². The van der Waals surface area contributed by atoms with Crippen molar-refractivity contribution in [2.24, 2.45) is 5.73 Å². The minimum Gasteiger partial charge on any atom is -0.376 e. The zero-order valence-corrected chi connectivity index (χ0v) is 8.79. The van der Waals surface area contributed by atoms with Crippen LogP contribution < -0.4 is 11.1 Å². The van der Waals surface area contributed by atoms with Crippen molar-refractivity contribution in [1.29, 1.82) is 0 Å². The van der Waals surface area contributed by atoms with Crippen molar-refractivity contribution in [2.45, 2.75) is 44.8 Å². The molecule has 0 aromatic heterocycles. The van der Waals surface area contributed by atoms with Crippen LogP contribution in [0, 0.1) is 0 Å². The van der Waals surface area contributed by atoms with Gasteiger partial charge in [0.1, 0.15) is 0 Å². The van der Waals surface area contributed by atoms with Crippen molar-refractivity contribution in [3.05, 3.63) is 0 Å². The summed E-state index contributed by atoms with van der Waals surface area (Å²) >= 11 is 0. The van der Waals surface area contributed by atoms with Crippen molar-refractivity contribution in [3.8, 4) is 0 Å². The standard InChI is InChI=1S/C10H20N2O2/c1-2-8(11)6-10(13)12-7-9-4-3-5-14-9/h8-9H,2-7,11H2,1H3,(H,12,13). The molecule has 1 fully saturated rings. The largest absolute Gasteiger partial charge is 0.376 e. The van der Waals surface area contributed by atoms with Crippen molar-refractivity contribution >= 4 is 5.91 Å². The average Bonchev–Trinajstić information content (AvgIpc) is 2.67. The first-order valence-electron chi connectivity index (χ1n) is 5.36. The van der Waals surface area contributed by atoms with Crippen LogP contribution in [0.15, 0.2) is 0 Å². The van der Waals surface area contributed by atoms with Crippen LogP contribution >= 0.6 is 0 Å². The van der Waals surface area contributed by atoms with E-state index in [1.165, 1.54) is 0 Å². The maximum absolute atomic E-state index is 11.3. The number of carbonyl (C=O) groups excluding carboxylic acids is 1. The molecule has 3 N–H and O–H groups in total. The molecule has 0 aromatic carbocycles. The Bertz CT molecular complexity index is 179. The van der Waals surface area contributed by atoms with Crippen LogP contribution in [0.1, 0.15) is 32.6 Å². The molecule has 82 valence electrons. The Labute approximate surface area is 85.2 Å². The van der Waals surface area contributed by atoms with Gasteiger partial charge in [-0.25, -0.2) is 0 Å². The Hall–Kier alpha value is -0.610. The fourth-order valence-electron chi connectivity index (χ4n) is 1.49. The van der Waals surface area contributed by atoms with E-state index < -0.39 is 0 Å². The molecule has 1 saturated heterocycles. The highest BCUT2D eigenvalue weighted by Gasteiger charge is 2.16. The zero-order chi connectivity index (χ0) is 10.4. The summed E-state index contributed by atoms with van der Waals surface area (Å²) in [4.78, 5) is 11.3. The topological polar surface area (TPSA) is 64.4 Å². The molecule has 14 heavy (non-hydrogen) atoms. The summed E-state index contributed by atoms with van der Waals surface area (Å²) < 4.78 is 5.39. The Balaban J connectivity index is 2.08. The molecule has 1 heterocycles. The fourth-order valence-corrected chi connectivity index (χ4v) is 1.49. The third-order valence-electron chi connectivity index (χ3n) is 2.52. The predicted octanol–water partition coefficient (Wildman–Crippen LogP) is 0.409. The van der Waals surface area contributed by atoms with Gasteiger partial charge in [-0.05, 0) is 19.3 Å². The molecule has 0 aromatic rings. The molecule has 0 spiro atoms. The second-order valence-electron chi connectivity index (χ2n) is 3.81. The van der Waals surface area contributed by atoms with Gasteiger partial charge in [0.05, 0.1) is 6.10 Å². The Kier molecular flexibility index (Phi) is 4.90. The van der Waals surface area contributed by atoms with Crippen LogP contribution in [0.5, 0.6) is 0 Å². The number of hydrogen-bond acceptors (Lipinski definition) is 3. The first kappa shape index (κ1) is 11.5. The number of carbonyl (C=O) groups is 1. The maximum atomic E-state index is 11.3. The summed E-state index contributed by atoms with van der Waals surface area (Å²) in [6, 6.07) is -0.0144. The molecular formula is C10H20N2O2. The number of amides is 1. The predicted molar refractivity (Wildman–Crippen MR) is 54.9 cm³/mol. The van der Waals surface area contributed by atoms with Gasteiger partial charge in [-0.3, -0.25) is 4.79 Å². The van der Waals surface area contributed by atoms with Gasteiger partial charge in [-0.15, -0.1) is 0 Å². The van der Waals surface area contributed by atoms with E-state index in [9.17, 15) is 4.79 Å². The minimum atomic E-state index is -0.0144. The van der Waals surface area contributed by atoms with Gasteiger partial charge < -0.3 is 15.8 Å². The normalized spacial score (nSPS) is 23.4. The lowest BCUT2D eigenvalue weighted by molar-refractivity contribution is -0.121. The highest BCUT2D eigenvalue weighted by atomic mass is 16.5. The van der Waals surface area contributed by atoms with Gasteiger partial charge in [-0.1, -0.05) is 6.92 Å². The second-order valence-corrected chi connectivity index (χ2v) is 3.81. The van der Waals surface area contributed by atoms with Crippen molar-refractivity contribution in [1.82, 2.24) is 5.32 Å². The Morgan fingerprint density at radius 2 is 2.50 bits per heavy atom. The first-order chi connectivity index (χ1) is 6.72. The lowest BCUT2D eigenvalue weighted by atomic mass is 10.1. The summed E-state index contributed by atoms with van der Waals surface area (Å²) in [6.45, 7) is 3.45. The summed E-state index contributed by atoms with van der Waals surface area (Å²) in [7, 11) is 0. The van der Waals surface area contributed by atoms with Crippen LogP contribution in [-0.2, 0) is 9.53 Å². The van der Waals surface area contributed by atoms with Gasteiger partial charge in [0.15, 0.2) is 0 Å². The first-order valence-corrected chi connectivity index (χ1v) is 5.36. The van der Waals surface area contributed by atoms with Gasteiger partial charge in [0.25, 0.3) is 0 Å². The summed E-state index contributed by atoms with van der Waals surface area (Å²) in [5, 5.41) is 2.85. The number of ether oxygens (including phenoxy) is 1. The number of rotatable bonds is 5. The fraction of sp³-hybridized carbons (Fsp3) is 0.900. The highest BCUT2D eigenvalue weighted by molar-refractivity contribution is 5.76. The number of nitrogens with two attached hydrogens (primary N) is 1. The molecule has 2 atom stereocenters. The minimum absolute atomic E-state index is 0.0144. The summed E-state index contributed by atoms with van der Waals surface area (Å²) in [5.74, 6) is 0.0369. The zero-order valence-electron chi connectivity index (χ0n) is 8.79. The average molecular weight is 200 g/mol. The molecule has 1 aliphatic rings. The molecule has 1 amide bonds. The Morgan fingerprint density at radius 1 is 1.71 bits per heavy atom. The van der Waals surface area contributed by atoms with Gasteiger partial charge in [0, 0.05) is 25.6 Å². The lowest BCUT2D eigenvalue weighted by Crippen LogP contribution is -2.35.